The summed E-state index contributed by atoms with van der Waals surface area (Å²) in [7, 11) is 0. The van der Waals surface area contributed by atoms with Crippen LogP contribution in [-0.2, 0) is 11.3 Å². The molecule has 1 saturated carbocycles. The molecule has 2 aromatic heterocycles. The van der Waals surface area contributed by atoms with Gasteiger partial charge in [0, 0.05) is 44.5 Å². The van der Waals surface area contributed by atoms with E-state index >= 15 is 0 Å². The maximum absolute atomic E-state index is 5.54. The van der Waals surface area contributed by atoms with Crippen molar-refractivity contribution in [2.24, 2.45) is 5.92 Å². The number of nitrogens with zero attached hydrogens (tertiary/aromatic N) is 5. The van der Waals surface area contributed by atoms with Crippen LogP contribution in [0.15, 0.2) is 18.3 Å². The van der Waals surface area contributed by atoms with Crippen molar-refractivity contribution in [3.63, 3.8) is 0 Å². The molecule has 0 aromatic carbocycles. The van der Waals surface area contributed by atoms with E-state index in [1.54, 1.807) is 0 Å². The maximum atomic E-state index is 5.54. The molecular weight excluding hydrogens is 326 g/mol. The molecule has 2 aliphatic heterocycles. The topological polar surface area (TPSA) is 46.4 Å². The molecule has 0 atom stereocenters. The summed E-state index contributed by atoms with van der Waals surface area (Å²) in [6.45, 7) is 8.82. The van der Waals surface area contributed by atoms with Gasteiger partial charge in [-0.05, 0) is 44.2 Å². The van der Waals surface area contributed by atoms with Gasteiger partial charge in [0.25, 0.3) is 0 Å². The molecule has 4 heterocycles. The smallest absolute Gasteiger partial charge is 0.136 e. The molecule has 2 fully saturated rings. The van der Waals surface area contributed by atoms with Crippen LogP contribution >= 0.6 is 0 Å². The Bertz CT molecular complexity index is 791. The first-order valence-corrected chi connectivity index (χ1v) is 9.91. The van der Waals surface area contributed by atoms with Gasteiger partial charge in [0.2, 0.25) is 0 Å². The summed E-state index contributed by atoms with van der Waals surface area (Å²) in [6, 6.07) is 4.27. The first kappa shape index (κ1) is 16.1. The van der Waals surface area contributed by atoms with Crippen molar-refractivity contribution in [2.75, 3.05) is 49.2 Å². The Hall–Kier alpha value is -2.08. The molecule has 5 rings (SSSR count). The zero-order valence-corrected chi connectivity index (χ0v) is 15.5. The molecule has 2 aromatic rings. The molecule has 6 nitrogen and oxygen atoms in total. The lowest BCUT2D eigenvalue weighted by Crippen LogP contribution is -2.37. The van der Waals surface area contributed by atoms with Crippen molar-refractivity contribution < 1.29 is 4.74 Å². The highest BCUT2D eigenvalue weighted by molar-refractivity contribution is 5.86. The van der Waals surface area contributed by atoms with Crippen LogP contribution in [0.4, 0.5) is 11.6 Å². The van der Waals surface area contributed by atoms with E-state index in [0.717, 1.165) is 56.8 Å². The Morgan fingerprint density at radius 2 is 2.00 bits per heavy atom. The molecule has 3 aliphatic rings. The molecule has 0 spiro atoms. The third kappa shape index (κ3) is 2.86. The molecule has 0 N–H and O–H groups in total. The van der Waals surface area contributed by atoms with E-state index in [1.165, 1.54) is 42.8 Å². The Labute approximate surface area is 154 Å². The fourth-order valence-corrected chi connectivity index (χ4v) is 4.29. The van der Waals surface area contributed by atoms with Crippen LogP contribution in [0.25, 0.3) is 11.1 Å². The largest absolute Gasteiger partial charge is 0.378 e. The average Bonchev–Trinajstić information content (AvgIpc) is 3.42. The summed E-state index contributed by atoms with van der Waals surface area (Å²) in [5.74, 6) is 3.26. The monoisotopic (exact) mass is 353 g/mol. The zero-order valence-electron chi connectivity index (χ0n) is 15.5. The lowest BCUT2D eigenvalue weighted by molar-refractivity contribution is 0.122. The standard InChI is InChI=1S/C20H27N5O/c1-15-18(17-4-2-7-21-19(17)23-10-12-26-13-11-23)20-24(14-16-5-6-16)8-3-9-25(20)22-15/h2,4,7,16H,3,5-6,8-14H2,1H3. The molecule has 1 saturated heterocycles. The number of aromatic nitrogens is 3. The predicted octanol–water partition coefficient (Wildman–Crippen LogP) is 2.71. The highest BCUT2D eigenvalue weighted by Crippen LogP contribution is 2.42. The SMILES string of the molecule is Cc1nn2c(c1-c1cccnc1N1CCOCC1)N(CC1CC1)CCC2. The van der Waals surface area contributed by atoms with Gasteiger partial charge in [-0.15, -0.1) is 0 Å². The van der Waals surface area contributed by atoms with Crippen LogP contribution in [0.5, 0.6) is 0 Å². The highest BCUT2D eigenvalue weighted by Gasteiger charge is 2.32. The van der Waals surface area contributed by atoms with E-state index in [4.69, 9.17) is 14.8 Å². The van der Waals surface area contributed by atoms with Gasteiger partial charge < -0.3 is 14.5 Å². The second kappa shape index (κ2) is 6.58. The third-order valence-electron chi connectivity index (χ3n) is 5.74. The molecule has 138 valence electrons. The summed E-state index contributed by atoms with van der Waals surface area (Å²) in [6.07, 6.45) is 5.85. The first-order valence-electron chi connectivity index (χ1n) is 9.91. The van der Waals surface area contributed by atoms with Gasteiger partial charge in [-0.2, -0.15) is 5.10 Å². The van der Waals surface area contributed by atoms with Gasteiger partial charge in [-0.25, -0.2) is 9.67 Å². The predicted molar refractivity (Wildman–Crippen MR) is 103 cm³/mol. The van der Waals surface area contributed by atoms with E-state index in [-0.39, 0.29) is 0 Å². The van der Waals surface area contributed by atoms with Crippen molar-refractivity contribution in [1.82, 2.24) is 14.8 Å². The maximum Gasteiger partial charge on any atom is 0.136 e. The van der Waals surface area contributed by atoms with Gasteiger partial charge in [-0.3, -0.25) is 0 Å². The van der Waals surface area contributed by atoms with Gasteiger partial charge in [-0.1, -0.05) is 0 Å². The summed E-state index contributed by atoms with van der Waals surface area (Å²) >= 11 is 0. The molecule has 26 heavy (non-hydrogen) atoms. The van der Waals surface area contributed by atoms with Gasteiger partial charge >= 0.3 is 0 Å². The van der Waals surface area contributed by atoms with Crippen LogP contribution in [0.1, 0.15) is 25.0 Å². The lowest BCUT2D eigenvalue weighted by Gasteiger charge is -2.32. The number of morpholine rings is 1. The minimum absolute atomic E-state index is 0.773. The second-order valence-corrected chi connectivity index (χ2v) is 7.72. The van der Waals surface area contributed by atoms with Gasteiger partial charge in [0.05, 0.1) is 24.5 Å². The van der Waals surface area contributed by atoms with Crippen molar-refractivity contribution in [3.8, 4) is 11.1 Å². The molecule has 0 unspecified atom stereocenters. The summed E-state index contributed by atoms with van der Waals surface area (Å²) in [5, 5.41) is 4.90. The minimum Gasteiger partial charge on any atom is -0.378 e. The normalized spacial score (nSPS) is 20.3. The van der Waals surface area contributed by atoms with Gasteiger partial charge in [0.15, 0.2) is 0 Å². The summed E-state index contributed by atoms with van der Waals surface area (Å²) in [4.78, 5) is 9.70. The van der Waals surface area contributed by atoms with E-state index in [2.05, 4.69) is 33.5 Å². The number of rotatable bonds is 4. The molecule has 0 radical (unpaired) electrons. The lowest BCUT2D eigenvalue weighted by atomic mass is 10.0. The number of anilines is 2. The second-order valence-electron chi connectivity index (χ2n) is 7.72. The Kier molecular flexibility index (Phi) is 4.08. The Morgan fingerprint density at radius 1 is 1.15 bits per heavy atom. The van der Waals surface area contributed by atoms with Crippen LogP contribution in [0, 0.1) is 12.8 Å². The van der Waals surface area contributed by atoms with E-state index < -0.39 is 0 Å². The number of fused-ring (bicyclic) bond motifs is 1. The van der Waals surface area contributed by atoms with Crippen molar-refractivity contribution in [2.45, 2.75) is 32.7 Å². The molecule has 0 bridgehead atoms. The quantitative estimate of drug-likeness (QED) is 0.846. The van der Waals surface area contributed by atoms with E-state index in [9.17, 15) is 0 Å². The third-order valence-corrected chi connectivity index (χ3v) is 5.74. The van der Waals surface area contributed by atoms with Crippen LogP contribution in [-0.4, -0.2) is 54.2 Å². The number of pyridine rings is 1. The highest BCUT2D eigenvalue weighted by atomic mass is 16.5. The van der Waals surface area contributed by atoms with Crippen LogP contribution in [0.3, 0.4) is 0 Å². The fourth-order valence-electron chi connectivity index (χ4n) is 4.29. The van der Waals surface area contributed by atoms with Gasteiger partial charge in [0.1, 0.15) is 11.6 Å². The molecular formula is C20H27N5O. The molecule has 6 heteroatoms. The molecule has 0 amide bonds. The van der Waals surface area contributed by atoms with Crippen molar-refractivity contribution >= 4 is 11.6 Å². The Balaban J connectivity index is 1.59. The van der Waals surface area contributed by atoms with Crippen LogP contribution in [0.2, 0.25) is 0 Å². The van der Waals surface area contributed by atoms with E-state index in [0.29, 0.717) is 0 Å². The minimum atomic E-state index is 0.773. The number of hydrogen-bond donors (Lipinski definition) is 0. The van der Waals surface area contributed by atoms with Crippen molar-refractivity contribution in [1.29, 1.82) is 0 Å². The van der Waals surface area contributed by atoms with Crippen molar-refractivity contribution in [3.05, 3.63) is 24.0 Å². The summed E-state index contributed by atoms with van der Waals surface area (Å²) < 4.78 is 7.77. The number of aryl methyl sites for hydroxylation is 2. The number of ether oxygens (including phenoxy) is 1. The number of hydrogen-bond acceptors (Lipinski definition) is 5. The van der Waals surface area contributed by atoms with E-state index in [1.807, 2.05) is 6.20 Å². The Morgan fingerprint density at radius 3 is 2.81 bits per heavy atom. The zero-order chi connectivity index (χ0) is 17.5. The average molecular weight is 353 g/mol. The first-order chi connectivity index (χ1) is 12.8. The molecule has 1 aliphatic carbocycles. The summed E-state index contributed by atoms with van der Waals surface area (Å²) in [5.41, 5.74) is 3.61. The fraction of sp³-hybridized carbons (Fsp3) is 0.600. The van der Waals surface area contributed by atoms with Crippen LogP contribution < -0.4 is 9.80 Å².